The zero-order chi connectivity index (χ0) is 12.4. The minimum absolute atomic E-state index is 0.0331. The Kier molecular flexibility index (Phi) is 2.64. The molecule has 1 aromatic heterocycles. The summed E-state index contributed by atoms with van der Waals surface area (Å²) < 4.78 is 0. The average Bonchev–Trinajstić information content (AvgIpc) is 2.62. The molecule has 0 atom stereocenters. The van der Waals surface area contributed by atoms with E-state index in [0.29, 0.717) is 12.4 Å². The van der Waals surface area contributed by atoms with E-state index in [4.69, 9.17) is 0 Å². The van der Waals surface area contributed by atoms with Gasteiger partial charge in [0.05, 0.1) is 6.54 Å². The van der Waals surface area contributed by atoms with Crippen LogP contribution in [0.3, 0.4) is 0 Å². The van der Waals surface area contributed by atoms with Gasteiger partial charge in [0.2, 0.25) is 5.91 Å². The van der Waals surface area contributed by atoms with E-state index in [1.54, 1.807) is 6.20 Å². The van der Waals surface area contributed by atoms with Crippen LogP contribution in [-0.2, 0) is 11.3 Å². The van der Waals surface area contributed by atoms with Gasteiger partial charge in [-0.15, -0.1) is 0 Å². The van der Waals surface area contributed by atoms with Crippen molar-refractivity contribution >= 4 is 11.7 Å². The number of aromatic nitrogens is 2. The summed E-state index contributed by atoms with van der Waals surface area (Å²) in [6.45, 7) is 0.717. The largest absolute Gasteiger partial charge is 0.361 e. The number of nitrogens with zero attached hydrogens (tertiary/aromatic N) is 2. The van der Waals surface area contributed by atoms with Crippen molar-refractivity contribution in [3.8, 4) is 11.4 Å². The average molecular weight is 240 g/mol. The smallest absolute Gasteiger partial charge is 0.239 e. The first kappa shape index (κ1) is 10.7. The van der Waals surface area contributed by atoms with Crippen LogP contribution in [0.15, 0.2) is 36.5 Å². The van der Waals surface area contributed by atoms with Gasteiger partial charge in [0, 0.05) is 23.9 Å². The number of fused-ring (bicyclic) bond motifs is 1. The molecule has 2 heterocycles. The normalized spacial score (nSPS) is 14.1. The van der Waals surface area contributed by atoms with Crippen molar-refractivity contribution in [2.45, 2.75) is 6.54 Å². The molecule has 1 aliphatic heterocycles. The van der Waals surface area contributed by atoms with Crippen LogP contribution < -0.4 is 10.6 Å². The maximum absolute atomic E-state index is 11.3. The van der Waals surface area contributed by atoms with Gasteiger partial charge in [0.25, 0.3) is 0 Å². The fraction of sp³-hybridized carbons (Fsp3) is 0.154. The van der Waals surface area contributed by atoms with Crippen molar-refractivity contribution in [3.63, 3.8) is 0 Å². The number of amides is 1. The van der Waals surface area contributed by atoms with Gasteiger partial charge in [-0.1, -0.05) is 30.3 Å². The van der Waals surface area contributed by atoms with Crippen LogP contribution >= 0.6 is 0 Å². The number of carbonyl (C=O) groups is 1. The van der Waals surface area contributed by atoms with Crippen molar-refractivity contribution in [3.05, 3.63) is 42.1 Å². The molecule has 5 nitrogen and oxygen atoms in total. The lowest BCUT2D eigenvalue weighted by Gasteiger charge is -2.07. The minimum Gasteiger partial charge on any atom is -0.361 e. The van der Waals surface area contributed by atoms with Crippen LogP contribution in [0.2, 0.25) is 0 Å². The van der Waals surface area contributed by atoms with E-state index in [0.717, 1.165) is 16.9 Å². The van der Waals surface area contributed by atoms with Crippen molar-refractivity contribution in [2.24, 2.45) is 0 Å². The highest BCUT2D eigenvalue weighted by molar-refractivity contribution is 5.82. The maximum Gasteiger partial charge on any atom is 0.239 e. The Labute approximate surface area is 104 Å². The third-order valence-corrected chi connectivity index (χ3v) is 2.79. The second kappa shape index (κ2) is 4.44. The molecular weight excluding hydrogens is 228 g/mol. The van der Waals surface area contributed by atoms with E-state index < -0.39 is 0 Å². The first-order valence-electron chi connectivity index (χ1n) is 5.75. The summed E-state index contributed by atoms with van der Waals surface area (Å²) in [7, 11) is 0. The first-order valence-corrected chi connectivity index (χ1v) is 5.75. The Bertz CT molecular complexity index is 583. The Hall–Kier alpha value is -2.43. The standard InChI is InChI=1S/C13H12N4O/c18-11-8-16-13-10(6-14-11)7-15-12(17-13)9-4-2-1-3-5-9/h1-5,7H,6,8H2,(H,14,18)(H,15,16,17). The summed E-state index contributed by atoms with van der Waals surface area (Å²) >= 11 is 0. The van der Waals surface area contributed by atoms with E-state index in [2.05, 4.69) is 20.6 Å². The van der Waals surface area contributed by atoms with Gasteiger partial charge in [-0.05, 0) is 0 Å². The summed E-state index contributed by atoms with van der Waals surface area (Å²) in [6.07, 6.45) is 1.75. The quantitative estimate of drug-likeness (QED) is 0.785. The molecule has 0 aliphatic carbocycles. The lowest BCUT2D eigenvalue weighted by Crippen LogP contribution is -2.25. The number of hydrogen-bond donors (Lipinski definition) is 2. The summed E-state index contributed by atoms with van der Waals surface area (Å²) in [4.78, 5) is 20.1. The second-order valence-corrected chi connectivity index (χ2v) is 4.06. The molecule has 1 aromatic carbocycles. The van der Waals surface area contributed by atoms with Gasteiger partial charge in [-0.3, -0.25) is 4.79 Å². The van der Waals surface area contributed by atoms with E-state index in [1.165, 1.54) is 0 Å². The molecule has 0 unspecified atom stereocenters. The van der Waals surface area contributed by atoms with Crippen molar-refractivity contribution in [1.82, 2.24) is 15.3 Å². The number of nitrogens with one attached hydrogen (secondary N) is 2. The van der Waals surface area contributed by atoms with E-state index in [9.17, 15) is 4.79 Å². The van der Waals surface area contributed by atoms with Crippen molar-refractivity contribution < 1.29 is 4.79 Å². The molecule has 1 aliphatic rings. The number of rotatable bonds is 1. The highest BCUT2D eigenvalue weighted by Gasteiger charge is 2.14. The summed E-state index contributed by atoms with van der Waals surface area (Å²) in [5.41, 5.74) is 1.87. The molecule has 18 heavy (non-hydrogen) atoms. The van der Waals surface area contributed by atoms with Crippen LogP contribution in [0.1, 0.15) is 5.56 Å². The van der Waals surface area contributed by atoms with Gasteiger partial charge in [0.15, 0.2) is 5.82 Å². The lowest BCUT2D eigenvalue weighted by molar-refractivity contribution is -0.119. The molecule has 0 fully saturated rings. The van der Waals surface area contributed by atoms with Crippen LogP contribution in [0, 0.1) is 0 Å². The number of benzene rings is 1. The Morgan fingerprint density at radius 1 is 1.06 bits per heavy atom. The zero-order valence-corrected chi connectivity index (χ0v) is 9.68. The Balaban J connectivity index is 1.99. The molecule has 5 heteroatoms. The molecule has 2 N–H and O–H groups in total. The molecule has 0 saturated carbocycles. The molecule has 0 spiro atoms. The van der Waals surface area contributed by atoms with Crippen LogP contribution in [-0.4, -0.2) is 22.4 Å². The highest BCUT2D eigenvalue weighted by Crippen LogP contribution is 2.19. The topological polar surface area (TPSA) is 66.9 Å². The lowest BCUT2D eigenvalue weighted by atomic mass is 10.2. The van der Waals surface area contributed by atoms with Gasteiger partial charge >= 0.3 is 0 Å². The highest BCUT2D eigenvalue weighted by atomic mass is 16.1. The summed E-state index contributed by atoms with van der Waals surface area (Å²) in [5, 5.41) is 5.80. The monoisotopic (exact) mass is 240 g/mol. The molecule has 1 amide bonds. The molecule has 0 saturated heterocycles. The first-order chi connectivity index (χ1) is 8.83. The van der Waals surface area contributed by atoms with Crippen LogP contribution in [0.5, 0.6) is 0 Å². The van der Waals surface area contributed by atoms with Gasteiger partial charge in [-0.2, -0.15) is 0 Å². The van der Waals surface area contributed by atoms with E-state index >= 15 is 0 Å². The summed E-state index contributed by atoms with van der Waals surface area (Å²) in [6, 6.07) is 9.77. The van der Waals surface area contributed by atoms with Gasteiger partial charge in [0.1, 0.15) is 5.82 Å². The van der Waals surface area contributed by atoms with Crippen molar-refractivity contribution in [2.75, 3.05) is 11.9 Å². The zero-order valence-electron chi connectivity index (χ0n) is 9.68. The van der Waals surface area contributed by atoms with Gasteiger partial charge in [-0.25, -0.2) is 9.97 Å². The molecule has 0 bridgehead atoms. The van der Waals surface area contributed by atoms with Crippen molar-refractivity contribution in [1.29, 1.82) is 0 Å². The third kappa shape index (κ3) is 2.02. The fourth-order valence-corrected chi connectivity index (χ4v) is 1.84. The molecule has 3 rings (SSSR count). The SMILES string of the molecule is O=C1CNc2nc(-c3ccccc3)ncc2CN1. The summed E-state index contributed by atoms with van der Waals surface area (Å²) in [5.74, 6) is 1.35. The minimum atomic E-state index is -0.0331. The molecule has 90 valence electrons. The number of carbonyl (C=O) groups excluding carboxylic acids is 1. The van der Waals surface area contributed by atoms with E-state index in [1.807, 2.05) is 30.3 Å². The van der Waals surface area contributed by atoms with Crippen LogP contribution in [0.4, 0.5) is 5.82 Å². The fourth-order valence-electron chi connectivity index (χ4n) is 1.84. The van der Waals surface area contributed by atoms with Gasteiger partial charge < -0.3 is 10.6 Å². The predicted molar refractivity (Wildman–Crippen MR) is 67.8 cm³/mol. The number of hydrogen-bond acceptors (Lipinski definition) is 4. The molecule has 0 radical (unpaired) electrons. The van der Waals surface area contributed by atoms with Crippen LogP contribution in [0.25, 0.3) is 11.4 Å². The molecule has 2 aromatic rings. The Morgan fingerprint density at radius 2 is 1.89 bits per heavy atom. The predicted octanol–water partition coefficient (Wildman–Crippen LogP) is 1.19. The maximum atomic E-state index is 11.3. The molecular formula is C13H12N4O. The third-order valence-electron chi connectivity index (χ3n) is 2.79. The second-order valence-electron chi connectivity index (χ2n) is 4.06. The number of anilines is 1. The van der Waals surface area contributed by atoms with E-state index in [-0.39, 0.29) is 12.5 Å². The Morgan fingerprint density at radius 3 is 2.72 bits per heavy atom.